The lowest BCUT2D eigenvalue weighted by Crippen LogP contribution is -2.24. The first-order valence-electron chi connectivity index (χ1n) is 7.59. The Kier molecular flexibility index (Phi) is 3.54. The van der Waals surface area contributed by atoms with Gasteiger partial charge in [0.05, 0.1) is 6.04 Å². The van der Waals surface area contributed by atoms with Crippen LogP contribution >= 0.6 is 11.6 Å². The van der Waals surface area contributed by atoms with Crippen molar-refractivity contribution in [3.05, 3.63) is 47.2 Å². The summed E-state index contributed by atoms with van der Waals surface area (Å²) in [4.78, 5) is 6.45. The van der Waals surface area contributed by atoms with E-state index in [-0.39, 0.29) is 6.04 Å². The molecule has 1 aromatic carbocycles. The lowest BCUT2D eigenvalue weighted by Gasteiger charge is -2.30. The number of pyridine rings is 1. The molecule has 0 amide bonds. The topological polar surface area (TPSA) is 34.6 Å². The molecular formula is C17H17ClN2O2. The van der Waals surface area contributed by atoms with Crippen LogP contribution < -0.4 is 14.4 Å². The molecule has 1 atom stereocenters. The quantitative estimate of drug-likeness (QED) is 0.788. The molecule has 22 heavy (non-hydrogen) atoms. The van der Waals surface area contributed by atoms with E-state index in [1.165, 1.54) is 5.56 Å². The van der Waals surface area contributed by atoms with Crippen molar-refractivity contribution in [3.63, 3.8) is 0 Å². The Morgan fingerprint density at radius 3 is 3.00 bits per heavy atom. The van der Waals surface area contributed by atoms with Crippen LogP contribution in [-0.2, 0) is 0 Å². The van der Waals surface area contributed by atoms with Crippen LogP contribution in [0.2, 0.25) is 5.15 Å². The number of benzene rings is 1. The van der Waals surface area contributed by atoms with Crippen molar-refractivity contribution in [1.82, 2.24) is 4.98 Å². The van der Waals surface area contributed by atoms with Gasteiger partial charge >= 0.3 is 0 Å². The molecule has 1 unspecified atom stereocenters. The molecular weight excluding hydrogens is 300 g/mol. The summed E-state index contributed by atoms with van der Waals surface area (Å²) in [5, 5.41) is 0.526. The highest BCUT2D eigenvalue weighted by molar-refractivity contribution is 6.29. The second-order valence-corrected chi connectivity index (χ2v) is 5.95. The van der Waals surface area contributed by atoms with Crippen LogP contribution in [0.25, 0.3) is 0 Å². The van der Waals surface area contributed by atoms with Gasteiger partial charge in [0, 0.05) is 24.0 Å². The number of hydrogen-bond donors (Lipinski definition) is 0. The zero-order valence-corrected chi connectivity index (χ0v) is 12.9. The Morgan fingerprint density at radius 1 is 1.18 bits per heavy atom. The molecule has 4 nitrogen and oxygen atoms in total. The predicted molar refractivity (Wildman–Crippen MR) is 86.0 cm³/mol. The Hall–Kier alpha value is -1.94. The Bertz CT molecular complexity index is 692. The number of halogens is 1. The molecule has 2 aliphatic heterocycles. The second-order valence-electron chi connectivity index (χ2n) is 5.56. The maximum atomic E-state index is 6.05. The Balaban J connectivity index is 1.72. The van der Waals surface area contributed by atoms with Crippen molar-refractivity contribution in [2.45, 2.75) is 18.9 Å². The molecule has 3 heterocycles. The van der Waals surface area contributed by atoms with Crippen LogP contribution in [0.4, 0.5) is 5.69 Å². The first kappa shape index (κ1) is 13.7. The highest BCUT2D eigenvalue weighted by atomic mass is 35.5. The summed E-state index contributed by atoms with van der Waals surface area (Å²) in [5.41, 5.74) is 2.31. The van der Waals surface area contributed by atoms with Gasteiger partial charge in [-0.05, 0) is 31.0 Å². The maximum absolute atomic E-state index is 6.05. The average molecular weight is 317 g/mol. The van der Waals surface area contributed by atoms with E-state index in [0.29, 0.717) is 18.4 Å². The van der Waals surface area contributed by atoms with Gasteiger partial charge < -0.3 is 14.4 Å². The molecule has 4 rings (SSSR count). The lowest BCUT2D eigenvalue weighted by molar-refractivity contribution is 0.169. The Morgan fingerprint density at radius 2 is 2.09 bits per heavy atom. The fraction of sp³-hybridized carbons (Fsp3) is 0.353. The zero-order chi connectivity index (χ0) is 14.9. The number of rotatable bonds is 2. The summed E-state index contributed by atoms with van der Waals surface area (Å²) < 4.78 is 11.6. The van der Waals surface area contributed by atoms with Crippen LogP contribution in [0.5, 0.6) is 11.5 Å². The molecule has 114 valence electrons. The van der Waals surface area contributed by atoms with E-state index in [1.807, 2.05) is 24.3 Å². The van der Waals surface area contributed by atoms with E-state index >= 15 is 0 Å². The summed E-state index contributed by atoms with van der Waals surface area (Å²) in [5.74, 6) is 1.74. The zero-order valence-electron chi connectivity index (χ0n) is 12.2. The van der Waals surface area contributed by atoms with Crippen LogP contribution in [0.3, 0.4) is 0 Å². The fourth-order valence-electron chi connectivity index (χ4n) is 3.33. The highest BCUT2D eigenvalue weighted by Crippen LogP contribution is 2.44. The first-order chi connectivity index (χ1) is 10.8. The van der Waals surface area contributed by atoms with Crippen molar-refractivity contribution in [2.24, 2.45) is 0 Å². The maximum Gasteiger partial charge on any atom is 0.166 e. The smallest absolute Gasteiger partial charge is 0.166 e. The molecule has 5 heteroatoms. The van der Waals surface area contributed by atoms with Gasteiger partial charge in [-0.2, -0.15) is 0 Å². The molecule has 1 fully saturated rings. The van der Waals surface area contributed by atoms with E-state index in [2.05, 4.69) is 16.0 Å². The molecule has 1 saturated heterocycles. The summed E-state index contributed by atoms with van der Waals surface area (Å²) in [6.45, 7) is 2.23. The van der Waals surface area contributed by atoms with Gasteiger partial charge in [0.25, 0.3) is 0 Å². The lowest BCUT2D eigenvalue weighted by atomic mass is 10.0. The van der Waals surface area contributed by atoms with Crippen LogP contribution in [0.15, 0.2) is 36.5 Å². The number of para-hydroxylation sites is 1. The third-order valence-electron chi connectivity index (χ3n) is 4.25. The predicted octanol–water partition coefficient (Wildman–Crippen LogP) is 3.85. The minimum atomic E-state index is 0.287. The van der Waals surface area contributed by atoms with Gasteiger partial charge in [0.1, 0.15) is 18.4 Å². The van der Waals surface area contributed by atoms with Crippen molar-refractivity contribution in [3.8, 4) is 11.5 Å². The molecule has 0 bridgehead atoms. The van der Waals surface area contributed by atoms with E-state index in [1.54, 1.807) is 6.20 Å². The van der Waals surface area contributed by atoms with Crippen molar-refractivity contribution < 1.29 is 9.47 Å². The second kappa shape index (κ2) is 5.69. The number of nitrogens with zero attached hydrogens (tertiary/aromatic N) is 2. The number of fused-ring (bicyclic) bond motifs is 1. The molecule has 0 spiro atoms. The average Bonchev–Trinajstić information content (AvgIpc) is 3.04. The third-order valence-corrected chi connectivity index (χ3v) is 4.46. The van der Waals surface area contributed by atoms with Crippen molar-refractivity contribution in [2.75, 3.05) is 24.7 Å². The summed E-state index contributed by atoms with van der Waals surface area (Å²) >= 11 is 6.05. The fourth-order valence-corrected chi connectivity index (χ4v) is 3.50. The van der Waals surface area contributed by atoms with E-state index in [9.17, 15) is 0 Å². The molecule has 0 N–H and O–H groups in total. The van der Waals surface area contributed by atoms with Crippen LogP contribution in [0.1, 0.15) is 24.4 Å². The van der Waals surface area contributed by atoms with Gasteiger partial charge in [-0.25, -0.2) is 4.98 Å². The molecule has 2 aliphatic rings. The largest absolute Gasteiger partial charge is 0.486 e. The monoisotopic (exact) mass is 316 g/mol. The van der Waals surface area contributed by atoms with Crippen molar-refractivity contribution in [1.29, 1.82) is 0 Å². The molecule has 0 saturated carbocycles. The number of ether oxygens (including phenoxy) is 2. The van der Waals surface area contributed by atoms with Crippen LogP contribution in [-0.4, -0.2) is 24.7 Å². The highest BCUT2D eigenvalue weighted by Gasteiger charge is 2.30. The van der Waals surface area contributed by atoms with Gasteiger partial charge in [-0.15, -0.1) is 0 Å². The molecule has 0 aliphatic carbocycles. The summed E-state index contributed by atoms with van der Waals surface area (Å²) in [6.07, 6.45) is 4.00. The Labute approximate surface area is 134 Å². The number of aromatic nitrogens is 1. The SMILES string of the molecule is Clc1cc(N2CCCC2c2cccc3c2OCCO3)ccn1. The standard InChI is InChI=1S/C17H17ClN2O2/c18-16-11-12(6-7-19-16)20-8-2-4-14(20)13-3-1-5-15-17(13)22-10-9-21-15/h1,3,5-7,11,14H,2,4,8-10H2. The number of anilines is 1. The minimum Gasteiger partial charge on any atom is -0.486 e. The van der Waals surface area contributed by atoms with Gasteiger partial charge in [-0.1, -0.05) is 23.7 Å². The van der Waals surface area contributed by atoms with E-state index < -0.39 is 0 Å². The third kappa shape index (κ3) is 2.37. The van der Waals surface area contributed by atoms with Gasteiger partial charge in [0.2, 0.25) is 0 Å². The van der Waals surface area contributed by atoms with Crippen molar-refractivity contribution >= 4 is 17.3 Å². The minimum absolute atomic E-state index is 0.287. The summed E-state index contributed by atoms with van der Waals surface area (Å²) in [7, 11) is 0. The normalized spacial score (nSPS) is 20.2. The van der Waals surface area contributed by atoms with Crippen LogP contribution in [0, 0.1) is 0 Å². The number of hydrogen-bond acceptors (Lipinski definition) is 4. The van der Waals surface area contributed by atoms with Gasteiger partial charge in [0.15, 0.2) is 11.5 Å². The molecule has 2 aromatic rings. The molecule has 0 radical (unpaired) electrons. The first-order valence-corrected chi connectivity index (χ1v) is 7.97. The van der Waals surface area contributed by atoms with E-state index in [4.69, 9.17) is 21.1 Å². The van der Waals surface area contributed by atoms with Gasteiger partial charge in [-0.3, -0.25) is 0 Å². The summed E-state index contributed by atoms with van der Waals surface area (Å²) in [6, 6.07) is 10.4. The van der Waals surface area contributed by atoms with E-state index in [0.717, 1.165) is 36.6 Å². The molecule has 1 aromatic heterocycles.